The van der Waals surface area contributed by atoms with E-state index in [2.05, 4.69) is 53.7 Å². The average molecular weight is 371 g/mol. The van der Waals surface area contributed by atoms with Crippen molar-refractivity contribution in [1.29, 1.82) is 0 Å². The average Bonchev–Trinajstić information content (AvgIpc) is 3.51. The number of ether oxygens (including phenoxy) is 1. The van der Waals surface area contributed by atoms with Gasteiger partial charge in [0, 0.05) is 37.0 Å². The summed E-state index contributed by atoms with van der Waals surface area (Å²) in [6.07, 6.45) is 4.59. The van der Waals surface area contributed by atoms with Crippen LogP contribution in [0.1, 0.15) is 25.5 Å². The van der Waals surface area contributed by atoms with E-state index in [0.717, 1.165) is 55.7 Å². The molecule has 2 aliphatic rings. The SMILES string of the molecule is CCNc1ccc(-c2nc(N3CCOCC3)cc(C3(SC)CC3)n2)cc1. The molecule has 2 heterocycles. The smallest absolute Gasteiger partial charge is 0.161 e. The van der Waals surface area contributed by atoms with E-state index in [-0.39, 0.29) is 4.75 Å². The van der Waals surface area contributed by atoms with E-state index in [1.165, 1.54) is 18.5 Å². The van der Waals surface area contributed by atoms with Crippen molar-refractivity contribution in [2.75, 3.05) is 49.3 Å². The van der Waals surface area contributed by atoms with Gasteiger partial charge in [-0.2, -0.15) is 11.8 Å². The van der Waals surface area contributed by atoms with Crippen molar-refractivity contribution in [2.45, 2.75) is 24.5 Å². The first-order chi connectivity index (χ1) is 12.7. The molecule has 4 rings (SSSR count). The minimum absolute atomic E-state index is 0.183. The van der Waals surface area contributed by atoms with E-state index in [4.69, 9.17) is 14.7 Å². The van der Waals surface area contributed by atoms with E-state index in [1.54, 1.807) is 0 Å². The number of nitrogens with zero attached hydrogens (tertiary/aromatic N) is 3. The molecule has 1 saturated carbocycles. The van der Waals surface area contributed by atoms with Gasteiger partial charge in [0.2, 0.25) is 0 Å². The first-order valence-electron chi connectivity index (χ1n) is 9.36. The number of aromatic nitrogens is 2. The summed E-state index contributed by atoms with van der Waals surface area (Å²) in [6.45, 7) is 6.33. The van der Waals surface area contributed by atoms with Gasteiger partial charge < -0.3 is 15.0 Å². The Bertz CT molecular complexity index is 755. The summed E-state index contributed by atoms with van der Waals surface area (Å²) in [5.41, 5.74) is 3.37. The molecule has 0 amide bonds. The minimum atomic E-state index is 0.183. The molecule has 2 aromatic rings. The highest BCUT2D eigenvalue weighted by Crippen LogP contribution is 2.55. The fourth-order valence-electron chi connectivity index (χ4n) is 3.37. The molecular formula is C20H26N4OS. The number of benzene rings is 1. The fraction of sp³-hybridized carbons (Fsp3) is 0.500. The minimum Gasteiger partial charge on any atom is -0.385 e. The van der Waals surface area contributed by atoms with E-state index in [9.17, 15) is 0 Å². The molecule has 1 aliphatic heterocycles. The predicted molar refractivity (Wildman–Crippen MR) is 109 cm³/mol. The molecule has 0 bridgehead atoms. The lowest BCUT2D eigenvalue weighted by Gasteiger charge is -2.29. The molecule has 0 spiro atoms. The maximum atomic E-state index is 5.51. The molecule has 1 N–H and O–H groups in total. The van der Waals surface area contributed by atoms with Gasteiger partial charge in [-0.15, -0.1) is 0 Å². The third-order valence-electron chi connectivity index (χ3n) is 5.13. The van der Waals surface area contributed by atoms with Crippen molar-refractivity contribution < 1.29 is 4.74 Å². The Hall–Kier alpha value is -1.79. The Morgan fingerprint density at radius 2 is 1.88 bits per heavy atom. The summed E-state index contributed by atoms with van der Waals surface area (Å²) < 4.78 is 5.69. The summed E-state index contributed by atoms with van der Waals surface area (Å²) in [4.78, 5) is 12.2. The van der Waals surface area contributed by atoms with Gasteiger partial charge in [0.15, 0.2) is 5.82 Å². The highest BCUT2D eigenvalue weighted by atomic mass is 32.2. The van der Waals surface area contributed by atoms with Crippen LogP contribution in [0.4, 0.5) is 11.5 Å². The second kappa shape index (κ2) is 7.45. The van der Waals surface area contributed by atoms with Crippen molar-refractivity contribution in [2.24, 2.45) is 0 Å². The molecule has 0 radical (unpaired) electrons. The van der Waals surface area contributed by atoms with Gasteiger partial charge in [0.25, 0.3) is 0 Å². The van der Waals surface area contributed by atoms with Crippen LogP contribution in [0.25, 0.3) is 11.4 Å². The van der Waals surface area contributed by atoms with Crippen LogP contribution < -0.4 is 10.2 Å². The molecule has 0 atom stereocenters. The highest BCUT2D eigenvalue weighted by molar-refractivity contribution is 7.99. The zero-order chi connectivity index (χ0) is 18.0. The Morgan fingerprint density at radius 3 is 2.50 bits per heavy atom. The van der Waals surface area contributed by atoms with Crippen molar-refractivity contribution in [3.63, 3.8) is 0 Å². The van der Waals surface area contributed by atoms with Gasteiger partial charge in [0.05, 0.1) is 23.7 Å². The third kappa shape index (κ3) is 3.53. The normalized spacial score (nSPS) is 18.6. The van der Waals surface area contributed by atoms with Crippen molar-refractivity contribution in [3.05, 3.63) is 36.0 Å². The zero-order valence-corrected chi connectivity index (χ0v) is 16.3. The van der Waals surface area contributed by atoms with Crippen LogP contribution in [0.15, 0.2) is 30.3 Å². The number of rotatable bonds is 6. The van der Waals surface area contributed by atoms with Crippen LogP contribution >= 0.6 is 11.8 Å². The summed E-state index contributed by atoms with van der Waals surface area (Å²) in [7, 11) is 0. The van der Waals surface area contributed by atoms with Gasteiger partial charge in [-0.05, 0) is 50.3 Å². The second-order valence-electron chi connectivity index (χ2n) is 6.84. The largest absolute Gasteiger partial charge is 0.385 e. The summed E-state index contributed by atoms with van der Waals surface area (Å²) in [5, 5.41) is 3.34. The summed E-state index contributed by atoms with van der Waals surface area (Å²) in [5.74, 6) is 1.86. The lowest BCUT2D eigenvalue weighted by molar-refractivity contribution is 0.122. The van der Waals surface area contributed by atoms with Gasteiger partial charge in [0.1, 0.15) is 5.82 Å². The first-order valence-corrected chi connectivity index (χ1v) is 10.6. The third-order valence-corrected chi connectivity index (χ3v) is 6.53. The van der Waals surface area contributed by atoms with E-state index in [1.807, 2.05) is 11.8 Å². The van der Waals surface area contributed by atoms with Crippen LogP contribution in [0.2, 0.25) is 0 Å². The molecule has 0 unspecified atom stereocenters. The van der Waals surface area contributed by atoms with Crippen LogP contribution in [0.5, 0.6) is 0 Å². The lowest BCUT2D eigenvalue weighted by atomic mass is 10.1. The molecule has 1 aliphatic carbocycles. The van der Waals surface area contributed by atoms with Crippen LogP contribution in [0, 0.1) is 0 Å². The predicted octanol–water partition coefficient (Wildman–Crippen LogP) is 3.76. The monoisotopic (exact) mass is 370 g/mol. The zero-order valence-electron chi connectivity index (χ0n) is 15.5. The van der Waals surface area contributed by atoms with Crippen molar-refractivity contribution in [1.82, 2.24) is 9.97 Å². The molecule has 1 saturated heterocycles. The molecule has 1 aromatic heterocycles. The van der Waals surface area contributed by atoms with Gasteiger partial charge in [-0.3, -0.25) is 0 Å². The van der Waals surface area contributed by atoms with E-state index >= 15 is 0 Å². The Morgan fingerprint density at radius 1 is 1.15 bits per heavy atom. The summed E-state index contributed by atoms with van der Waals surface area (Å²) >= 11 is 1.92. The van der Waals surface area contributed by atoms with Crippen molar-refractivity contribution in [3.8, 4) is 11.4 Å². The van der Waals surface area contributed by atoms with Gasteiger partial charge in [-0.1, -0.05) is 0 Å². The Labute approximate surface area is 159 Å². The number of anilines is 2. The number of hydrogen-bond acceptors (Lipinski definition) is 6. The van der Waals surface area contributed by atoms with Gasteiger partial charge >= 0.3 is 0 Å². The van der Waals surface area contributed by atoms with E-state index < -0.39 is 0 Å². The molecule has 1 aromatic carbocycles. The fourth-order valence-corrected chi connectivity index (χ4v) is 4.20. The van der Waals surface area contributed by atoms with Crippen LogP contribution in [-0.2, 0) is 9.48 Å². The molecule has 5 nitrogen and oxygen atoms in total. The quantitative estimate of drug-likeness (QED) is 0.835. The summed E-state index contributed by atoms with van der Waals surface area (Å²) in [6, 6.07) is 10.6. The highest BCUT2D eigenvalue weighted by Gasteiger charge is 2.45. The first kappa shape index (κ1) is 17.6. The topological polar surface area (TPSA) is 50.3 Å². The molecule has 2 fully saturated rings. The van der Waals surface area contributed by atoms with Crippen LogP contribution in [-0.4, -0.2) is 49.1 Å². The van der Waals surface area contributed by atoms with Crippen LogP contribution in [0.3, 0.4) is 0 Å². The maximum absolute atomic E-state index is 5.51. The number of hydrogen-bond donors (Lipinski definition) is 1. The maximum Gasteiger partial charge on any atom is 0.161 e. The lowest BCUT2D eigenvalue weighted by Crippen LogP contribution is -2.37. The standard InChI is InChI=1S/C20H26N4OS/c1-3-21-16-6-4-15(5-7-16)19-22-17(20(26-2)8-9-20)14-18(23-19)24-10-12-25-13-11-24/h4-7,14,21H,3,8-13H2,1-2H3. The molecule has 6 heteroatoms. The van der Waals surface area contributed by atoms with E-state index in [0.29, 0.717) is 0 Å². The molecule has 138 valence electrons. The number of thioether (sulfide) groups is 1. The number of morpholine rings is 1. The van der Waals surface area contributed by atoms with Gasteiger partial charge in [-0.25, -0.2) is 9.97 Å². The van der Waals surface area contributed by atoms with Crippen molar-refractivity contribution >= 4 is 23.3 Å². The molecule has 26 heavy (non-hydrogen) atoms. The second-order valence-corrected chi connectivity index (χ2v) is 8.03. The molecular weight excluding hydrogens is 344 g/mol. The Balaban J connectivity index is 1.71. The Kier molecular flexibility index (Phi) is 5.05. The number of nitrogens with one attached hydrogen (secondary N) is 1.